The molecule has 1 saturated carbocycles. The van der Waals surface area contributed by atoms with Gasteiger partial charge >= 0.3 is 5.97 Å². The maximum absolute atomic E-state index is 13.3. The monoisotopic (exact) mass is 506 g/mol. The van der Waals surface area contributed by atoms with Gasteiger partial charge in [0, 0.05) is 16.7 Å². The molecule has 7 nitrogen and oxygen atoms in total. The summed E-state index contributed by atoms with van der Waals surface area (Å²) in [5.74, 6) is -0.0665. The van der Waals surface area contributed by atoms with E-state index in [9.17, 15) is 14.7 Å². The van der Waals surface area contributed by atoms with E-state index in [4.69, 9.17) is 9.72 Å². The van der Waals surface area contributed by atoms with Crippen molar-refractivity contribution in [2.24, 2.45) is 28.6 Å². The second-order valence-electron chi connectivity index (χ2n) is 12.7. The number of esters is 1. The summed E-state index contributed by atoms with van der Waals surface area (Å²) < 4.78 is 5.53. The average Bonchev–Trinajstić information content (AvgIpc) is 3.19. The van der Waals surface area contributed by atoms with E-state index in [2.05, 4.69) is 20.9 Å². The smallest absolute Gasteiger partial charge is 0.311 e. The number of thiazole rings is 1. The number of amides is 1. The lowest BCUT2D eigenvalue weighted by Gasteiger charge is -2.53. The van der Waals surface area contributed by atoms with Gasteiger partial charge in [-0.3, -0.25) is 9.59 Å². The SMILES string of the molecule is C[C@H](C(=O)N1CC[NH+](C)CC1)[C@@H]1CC[C@@]2(C)Cc3sc(COC(=O)C(C)(C)C)nc3[C@@H](C)[C@@H]2[C@H]1O. The zero-order valence-electron chi connectivity index (χ0n) is 22.5. The van der Waals surface area contributed by atoms with E-state index in [-0.39, 0.29) is 47.6 Å². The van der Waals surface area contributed by atoms with Gasteiger partial charge in [0.2, 0.25) is 5.91 Å². The van der Waals surface area contributed by atoms with Crippen molar-refractivity contribution >= 4 is 23.2 Å². The first-order valence-corrected chi connectivity index (χ1v) is 14.1. The number of quaternary nitrogens is 1. The summed E-state index contributed by atoms with van der Waals surface area (Å²) in [6.07, 6.45) is 2.23. The Morgan fingerprint density at radius 2 is 1.97 bits per heavy atom. The molecule has 2 aliphatic carbocycles. The van der Waals surface area contributed by atoms with Crippen molar-refractivity contribution in [3.05, 3.63) is 15.6 Å². The molecule has 0 spiro atoms. The summed E-state index contributed by atoms with van der Waals surface area (Å²) in [6.45, 7) is 15.8. The number of nitrogens with one attached hydrogen (secondary N) is 1. The predicted molar refractivity (Wildman–Crippen MR) is 136 cm³/mol. The van der Waals surface area contributed by atoms with Crippen molar-refractivity contribution in [1.82, 2.24) is 9.88 Å². The first kappa shape index (κ1) is 26.6. The number of carbonyl (C=O) groups excluding carboxylic acids is 2. The van der Waals surface area contributed by atoms with Gasteiger partial charge in [-0.1, -0.05) is 20.8 Å². The van der Waals surface area contributed by atoms with E-state index >= 15 is 0 Å². The molecule has 0 radical (unpaired) electrons. The van der Waals surface area contributed by atoms with Gasteiger partial charge in [-0.2, -0.15) is 0 Å². The number of aliphatic hydroxyl groups is 1. The number of likely N-dealkylation sites (N-methyl/N-ethyl adjacent to an activating group) is 1. The molecule has 1 amide bonds. The van der Waals surface area contributed by atoms with E-state index in [0.29, 0.717) is 0 Å². The lowest BCUT2D eigenvalue weighted by molar-refractivity contribution is -0.883. The third kappa shape index (κ3) is 5.16. The van der Waals surface area contributed by atoms with Gasteiger partial charge in [0.05, 0.1) is 50.4 Å². The Hall–Kier alpha value is -1.51. The quantitative estimate of drug-likeness (QED) is 0.612. The number of rotatable bonds is 4. The molecule has 1 aromatic heterocycles. The first-order valence-electron chi connectivity index (χ1n) is 13.3. The molecule has 3 aliphatic rings. The molecule has 1 aromatic rings. The van der Waals surface area contributed by atoms with Crippen molar-refractivity contribution in [2.45, 2.75) is 79.4 Å². The molecule has 0 unspecified atom stereocenters. The van der Waals surface area contributed by atoms with E-state index in [0.717, 1.165) is 56.1 Å². The van der Waals surface area contributed by atoms with Crippen molar-refractivity contribution in [1.29, 1.82) is 0 Å². The van der Waals surface area contributed by atoms with Crippen LogP contribution in [0.25, 0.3) is 0 Å². The molecule has 1 aliphatic heterocycles. The van der Waals surface area contributed by atoms with Crippen LogP contribution in [0.4, 0.5) is 0 Å². The molecule has 35 heavy (non-hydrogen) atoms. The number of aromatic nitrogens is 1. The highest BCUT2D eigenvalue weighted by molar-refractivity contribution is 7.11. The molecule has 0 aromatic carbocycles. The van der Waals surface area contributed by atoms with Crippen molar-refractivity contribution in [3.8, 4) is 0 Å². The molecule has 1 saturated heterocycles. The average molecular weight is 507 g/mol. The van der Waals surface area contributed by atoms with Crippen LogP contribution in [0.2, 0.25) is 0 Å². The highest BCUT2D eigenvalue weighted by atomic mass is 32.1. The van der Waals surface area contributed by atoms with Crippen LogP contribution in [0.1, 0.15) is 75.9 Å². The van der Waals surface area contributed by atoms with Crippen LogP contribution in [0.15, 0.2) is 0 Å². The summed E-state index contributed by atoms with van der Waals surface area (Å²) in [6, 6.07) is 0. The minimum absolute atomic E-state index is 0.0197. The van der Waals surface area contributed by atoms with Gasteiger partial charge in [0.1, 0.15) is 11.6 Å². The highest BCUT2D eigenvalue weighted by Crippen LogP contribution is 2.57. The summed E-state index contributed by atoms with van der Waals surface area (Å²) >= 11 is 1.65. The Balaban J connectivity index is 1.48. The first-order chi connectivity index (χ1) is 16.3. The third-order valence-electron chi connectivity index (χ3n) is 8.87. The van der Waals surface area contributed by atoms with Crippen LogP contribution in [-0.4, -0.2) is 66.2 Å². The van der Waals surface area contributed by atoms with E-state index in [1.807, 2.05) is 32.6 Å². The van der Waals surface area contributed by atoms with Gasteiger partial charge in [-0.05, 0) is 57.3 Å². The van der Waals surface area contributed by atoms with Crippen LogP contribution in [0.3, 0.4) is 0 Å². The number of hydrogen-bond donors (Lipinski definition) is 2. The molecule has 2 heterocycles. The summed E-state index contributed by atoms with van der Waals surface area (Å²) in [5.41, 5.74) is 0.485. The molecule has 2 fully saturated rings. The number of fused-ring (bicyclic) bond motifs is 2. The fourth-order valence-electron chi connectivity index (χ4n) is 6.58. The second kappa shape index (κ2) is 9.75. The topological polar surface area (TPSA) is 84.2 Å². The largest absolute Gasteiger partial charge is 0.458 e. The Morgan fingerprint density at radius 1 is 1.31 bits per heavy atom. The van der Waals surface area contributed by atoms with Gasteiger partial charge in [0.25, 0.3) is 0 Å². The molecular weight excluding hydrogens is 462 g/mol. The number of piperazine rings is 1. The Kier molecular flexibility index (Phi) is 7.39. The molecule has 8 heteroatoms. The van der Waals surface area contributed by atoms with E-state index in [1.54, 1.807) is 11.3 Å². The van der Waals surface area contributed by atoms with Crippen LogP contribution in [0, 0.1) is 28.6 Å². The van der Waals surface area contributed by atoms with Crippen molar-refractivity contribution < 1.29 is 24.3 Å². The molecule has 196 valence electrons. The number of carbonyl (C=O) groups is 2. The minimum atomic E-state index is -0.537. The maximum Gasteiger partial charge on any atom is 0.311 e. The molecular formula is C27H44N3O4S+. The summed E-state index contributed by atoms with van der Waals surface area (Å²) in [7, 11) is 2.17. The maximum atomic E-state index is 13.3. The van der Waals surface area contributed by atoms with Gasteiger partial charge in [-0.25, -0.2) is 4.98 Å². The number of nitrogens with zero attached hydrogens (tertiary/aromatic N) is 2. The Morgan fingerprint density at radius 3 is 2.60 bits per heavy atom. The lowest BCUT2D eigenvalue weighted by atomic mass is 9.53. The number of ether oxygens (including phenoxy) is 1. The Bertz CT molecular complexity index is 949. The molecule has 2 N–H and O–H groups in total. The van der Waals surface area contributed by atoms with Crippen molar-refractivity contribution in [2.75, 3.05) is 33.2 Å². The highest BCUT2D eigenvalue weighted by Gasteiger charge is 2.54. The van der Waals surface area contributed by atoms with E-state index in [1.165, 1.54) is 9.78 Å². The minimum Gasteiger partial charge on any atom is -0.458 e. The lowest BCUT2D eigenvalue weighted by Crippen LogP contribution is -3.12. The van der Waals surface area contributed by atoms with Crippen LogP contribution in [-0.2, 0) is 27.4 Å². The zero-order valence-corrected chi connectivity index (χ0v) is 23.3. The fourth-order valence-corrected chi connectivity index (χ4v) is 7.87. The van der Waals surface area contributed by atoms with Crippen molar-refractivity contribution in [3.63, 3.8) is 0 Å². The number of aliphatic hydroxyl groups excluding tert-OH is 1. The summed E-state index contributed by atoms with van der Waals surface area (Å²) in [5, 5.41) is 12.5. The molecule has 0 bridgehead atoms. The van der Waals surface area contributed by atoms with E-state index < -0.39 is 11.5 Å². The predicted octanol–water partition coefficient (Wildman–Crippen LogP) is 2.28. The molecule has 4 rings (SSSR count). The fraction of sp³-hybridized carbons (Fsp3) is 0.815. The van der Waals surface area contributed by atoms with Gasteiger partial charge < -0.3 is 19.6 Å². The third-order valence-corrected chi connectivity index (χ3v) is 9.91. The van der Waals surface area contributed by atoms with Crippen LogP contribution >= 0.6 is 11.3 Å². The second-order valence-corrected chi connectivity index (χ2v) is 13.8. The standard InChI is InChI=1S/C27H43N3O4S/c1-16(24(32)30-12-10-29(7)11-13-30)18-8-9-27(6)14-19-22(17(2)21(27)23(18)31)28-20(35-19)15-34-25(33)26(3,4)5/h16-18,21,23,31H,8-15H2,1-7H3/p+1/t16-,17-,18-,21+,23-,27-/m0/s1. The Labute approximate surface area is 214 Å². The van der Waals surface area contributed by atoms with Gasteiger partial charge in [-0.15, -0.1) is 11.3 Å². The van der Waals surface area contributed by atoms with Crippen LogP contribution < -0.4 is 4.90 Å². The molecule has 6 atom stereocenters. The number of hydrogen-bond acceptors (Lipinski definition) is 6. The van der Waals surface area contributed by atoms with Gasteiger partial charge in [0.15, 0.2) is 0 Å². The zero-order chi connectivity index (χ0) is 25.7. The van der Waals surface area contributed by atoms with Crippen LogP contribution in [0.5, 0.6) is 0 Å². The summed E-state index contributed by atoms with van der Waals surface area (Å²) in [4.78, 5) is 35.2. The normalized spacial score (nSPS) is 32.5.